The molecule has 0 aromatic heterocycles. The third-order valence-corrected chi connectivity index (χ3v) is 3.42. The smallest absolute Gasteiger partial charge is 0.136 e. The van der Waals surface area contributed by atoms with Gasteiger partial charge in [-0.05, 0) is 60.3 Å². The van der Waals surface area contributed by atoms with Crippen LogP contribution in [-0.2, 0) is 0 Å². The molecule has 0 radical (unpaired) electrons. The average Bonchev–Trinajstić information content (AvgIpc) is 2.26. The molecule has 0 fully saturated rings. The molecule has 3 heteroatoms. The zero-order valence-electron chi connectivity index (χ0n) is 11.1. The number of hydrogen-bond donors (Lipinski definition) is 1. The van der Waals surface area contributed by atoms with E-state index >= 15 is 0 Å². The molecule has 0 saturated heterocycles. The summed E-state index contributed by atoms with van der Waals surface area (Å²) in [7, 11) is 0. The van der Waals surface area contributed by atoms with E-state index in [1.807, 2.05) is 0 Å². The van der Waals surface area contributed by atoms with Crippen LogP contribution in [0.4, 0.5) is 0 Å². The minimum absolute atomic E-state index is 0.557. The first kappa shape index (κ1) is 14.5. The summed E-state index contributed by atoms with van der Waals surface area (Å²) in [5.41, 5.74) is 2.43. The van der Waals surface area contributed by atoms with Gasteiger partial charge in [0.2, 0.25) is 0 Å². The first-order valence-corrected chi connectivity index (χ1v) is 6.96. The van der Waals surface area contributed by atoms with E-state index in [4.69, 9.17) is 4.74 Å². The fourth-order valence-corrected chi connectivity index (χ4v) is 2.48. The summed E-state index contributed by atoms with van der Waals surface area (Å²) in [6, 6.07) is 4.79. The topological polar surface area (TPSA) is 21.3 Å². The molecule has 0 bridgehead atoms. The highest BCUT2D eigenvalue weighted by molar-refractivity contribution is 9.10. The Bertz CT molecular complexity index is 342. The highest BCUT2D eigenvalue weighted by Crippen LogP contribution is 2.29. The Balaban J connectivity index is 2.47. The van der Waals surface area contributed by atoms with Gasteiger partial charge in [0.25, 0.3) is 0 Å². The molecule has 17 heavy (non-hydrogen) atoms. The van der Waals surface area contributed by atoms with Crippen molar-refractivity contribution < 1.29 is 4.74 Å². The van der Waals surface area contributed by atoms with Gasteiger partial charge in [0, 0.05) is 12.6 Å². The summed E-state index contributed by atoms with van der Waals surface area (Å²) in [6.45, 7) is 10.1. The second-order valence-corrected chi connectivity index (χ2v) is 5.36. The Morgan fingerprint density at radius 1 is 1.35 bits per heavy atom. The van der Waals surface area contributed by atoms with Gasteiger partial charge in [-0.1, -0.05) is 13.0 Å². The van der Waals surface area contributed by atoms with Crippen LogP contribution in [0.15, 0.2) is 16.6 Å². The average molecular weight is 300 g/mol. The van der Waals surface area contributed by atoms with E-state index in [0.717, 1.165) is 23.2 Å². The molecule has 0 amide bonds. The zero-order chi connectivity index (χ0) is 12.8. The van der Waals surface area contributed by atoms with Crippen molar-refractivity contribution in [2.24, 2.45) is 0 Å². The van der Waals surface area contributed by atoms with Crippen LogP contribution in [-0.4, -0.2) is 19.2 Å². The molecule has 1 N–H and O–H groups in total. The van der Waals surface area contributed by atoms with Gasteiger partial charge in [0.05, 0.1) is 4.47 Å². The van der Waals surface area contributed by atoms with Crippen LogP contribution in [0, 0.1) is 13.8 Å². The minimum Gasteiger partial charge on any atom is -0.491 e. The monoisotopic (exact) mass is 299 g/mol. The molecule has 0 aliphatic rings. The Morgan fingerprint density at radius 3 is 2.65 bits per heavy atom. The predicted octanol–water partition coefficient (Wildman–Crippen LogP) is 3.83. The van der Waals surface area contributed by atoms with Gasteiger partial charge in [-0.2, -0.15) is 0 Å². The SMILES string of the molecule is CC[C@H](C)NCCOc1c(C)cc(C)cc1Br. The van der Waals surface area contributed by atoms with Crippen LogP contribution in [0.2, 0.25) is 0 Å². The van der Waals surface area contributed by atoms with Gasteiger partial charge in [-0.25, -0.2) is 0 Å². The van der Waals surface area contributed by atoms with Crippen molar-refractivity contribution in [1.82, 2.24) is 5.32 Å². The molecule has 1 aromatic carbocycles. The summed E-state index contributed by atoms with van der Waals surface area (Å²) in [5, 5.41) is 3.41. The van der Waals surface area contributed by atoms with Gasteiger partial charge < -0.3 is 10.1 Å². The van der Waals surface area contributed by atoms with Crippen molar-refractivity contribution in [3.63, 3.8) is 0 Å². The van der Waals surface area contributed by atoms with Gasteiger partial charge >= 0.3 is 0 Å². The molecule has 1 rings (SSSR count). The van der Waals surface area contributed by atoms with Crippen molar-refractivity contribution in [2.75, 3.05) is 13.2 Å². The lowest BCUT2D eigenvalue weighted by atomic mass is 10.1. The van der Waals surface area contributed by atoms with Crippen LogP contribution in [0.1, 0.15) is 31.4 Å². The number of halogens is 1. The third kappa shape index (κ3) is 4.68. The molecule has 2 nitrogen and oxygen atoms in total. The predicted molar refractivity (Wildman–Crippen MR) is 76.9 cm³/mol. The van der Waals surface area contributed by atoms with Crippen LogP contribution in [0.25, 0.3) is 0 Å². The lowest BCUT2D eigenvalue weighted by Gasteiger charge is -2.14. The Morgan fingerprint density at radius 2 is 2.06 bits per heavy atom. The number of hydrogen-bond acceptors (Lipinski definition) is 2. The Labute approximate surface area is 113 Å². The molecular formula is C14H22BrNO. The standard InChI is InChI=1S/C14H22BrNO/c1-5-12(4)16-6-7-17-14-11(3)8-10(2)9-13(14)15/h8-9,12,16H,5-7H2,1-4H3/t12-/m0/s1. The van der Waals surface area contributed by atoms with E-state index in [2.05, 4.69) is 61.1 Å². The second-order valence-electron chi connectivity index (χ2n) is 4.50. The summed E-state index contributed by atoms with van der Waals surface area (Å²) >= 11 is 3.55. The molecule has 96 valence electrons. The summed E-state index contributed by atoms with van der Waals surface area (Å²) in [5.74, 6) is 0.960. The molecular weight excluding hydrogens is 278 g/mol. The minimum atomic E-state index is 0.557. The molecule has 1 atom stereocenters. The number of rotatable bonds is 6. The Kier molecular flexibility index (Phi) is 6.00. The maximum atomic E-state index is 5.81. The van der Waals surface area contributed by atoms with Gasteiger partial charge in [-0.3, -0.25) is 0 Å². The van der Waals surface area contributed by atoms with Gasteiger partial charge in [0.15, 0.2) is 0 Å². The molecule has 0 aliphatic heterocycles. The summed E-state index contributed by atoms with van der Waals surface area (Å²) in [6.07, 6.45) is 1.15. The van der Waals surface area contributed by atoms with Crippen molar-refractivity contribution in [3.05, 3.63) is 27.7 Å². The van der Waals surface area contributed by atoms with E-state index in [-0.39, 0.29) is 0 Å². The van der Waals surface area contributed by atoms with Crippen LogP contribution >= 0.6 is 15.9 Å². The van der Waals surface area contributed by atoms with Gasteiger partial charge in [-0.15, -0.1) is 0 Å². The van der Waals surface area contributed by atoms with Crippen LogP contribution in [0.5, 0.6) is 5.75 Å². The third-order valence-electron chi connectivity index (χ3n) is 2.83. The second kappa shape index (κ2) is 7.02. The number of benzene rings is 1. The summed E-state index contributed by atoms with van der Waals surface area (Å²) in [4.78, 5) is 0. The Hall–Kier alpha value is -0.540. The molecule has 1 aromatic rings. The number of ether oxygens (including phenoxy) is 1. The van der Waals surface area contributed by atoms with E-state index < -0.39 is 0 Å². The molecule has 0 spiro atoms. The fourth-order valence-electron chi connectivity index (χ4n) is 1.69. The van der Waals surface area contributed by atoms with E-state index in [1.54, 1.807) is 0 Å². The number of nitrogens with one attached hydrogen (secondary N) is 1. The van der Waals surface area contributed by atoms with Crippen molar-refractivity contribution >= 4 is 15.9 Å². The van der Waals surface area contributed by atoms with Crippen molar-refractivity contribution in [1.29, 1.82) is 0 Å². The maximum absolute atomic E-state index is 5.81. The molecule has 0 aliphatic carbocycles. The fraction of sp³-hybridized carbons (Fsp3) is 0.571. The molecule has 0 heterocycles. The van der Waals surface area contributed by atoms with Gasteiger partial charge in [0.1, 0.15) is 12.4 Å². The molecule has 0 unspecified atom stereocenters. The maximum Gasteiger partial charge on any atom is 0.136 e. The van der Waals surface area contributed by atoms with Crippen molar-refractivity contribution in [2.45, 2.75) is 40.2 Å². The lowest BCUT2D eigenvalue weighted by molar-refractivity contribution is 0.302. The highest BCUT2D eigenvalue weighted by atomic mass is 79.9. The summed E-state index contributed by atoms with van der Waals surface area (Å²) < 4.78 is 6.85. The lowest BCUT2D eigenvalue weighted by Crippen LogP contribution is -2.29. The zero-order valence-corrected chi connectivity index (χ0v) is 12.7. The van der Waals surface area contributed by atoms with Crippen LogP contribution < -0.4 is 10.1 Å². The first-order chi connectivity index (χ1) is 8.04. The molecule has 0 saturated carbocycles. The number of aryl methyl sites for hydroxylation is 2. The van der Waals surface area contributed by atoms with Crippen LogP contribution in [0.3, 0.4) is 0 Å². The first-order valence-electron chi connectivity index (χ1n) is 6.17. The normalized spacial score (nSPS) is 12.5. The highest BCUT2D eigenvalue weighted by Gasteiger charge is 2.06. The van der Waals surface area contributed by atoms with E-state index in [9.17, 15) is 0 Å². The van der Waals surface area contributed by atoms with Crippen molar-refractivity contribution in [3.8, 4) is 5.75 Å². The van der Waals surface area contributed by atoms with E-state index in [0.29, 0.717) is 12.6 Å². The quantitative estimate of drug-likeness (QED) is 0.806. The van der Waals surface area contributed by atoms with E-state index in [1.165, 1.54) is 11.1 Å². The largest absolute Gasteiger partial charge is 0.491 e.